The van der Waals surface area contributed by atoms with E-state index in [-0.39, 0.29) is 17.5 Å². The predicted octanol–water partition coefficient (Wildman–Crippen LogP) is 7.13. The Bertz CT molecular complexity index is 1730. The molecule has 5 aromatic rings. The molecule has 0 radical (unpaired) electrons. The van der Waals surface area contributed by atoms with Crippen LogP contribution in [0.1, 0.15) is 74.8 Å². The summed E-state index contributed by atoms with van der Waals surface area (Å²) in [6, 6.07) is 29.1. The highest BCUT2D eigenvalue weighted by atomic mass is 16.4. The van der Waals surface area contributed by atoms with Gasteiger partial charge in [0.05, 0.1) is 29.4 Å². The van der Waals surface area contributed by atoms with Gasteiger partial charge in [-0.2, -0.15) is 5.10 Å². The van der Waals surface area contributed by atoms with E-state index in [0.29, 0.717) is 23.6 Å². The minimum absolute atomic E-state index is 0.0869. The van der Waals surface area contributed by atoms with Gasteiger partial charge in [-0.15, -0.1) is 0 Å². The Hall–Kier alpha value is -4.71. The van der Waals surface area contributed by atoms with Gasteiger partial charge in [-0.3, -0.25) is 9.48 Å². The van der Waals surface area contributed by atoms with Crippen LogP contribution >= 0.6 is 0 Å². The Morgan fingerprint density at radius 3 is 2.50 bits per heavy atom. The molecule has 40 heavy (non-hydrogen) atoms. The lowest BCUT2D eigenvalue weighted by molar-refractivity contribution is 0.0697. The number of nitrogens with zero attached hydrogens (tertiary/aromatic N) is 2. The number of rotatable bonds is 8. The van der Waals surface area contributed by atoms with Crippen LogP contribution in [-0.4, -0.2) is 26.8 Å². The number of nitrogens with one attached hydrogen (secondary N) is 1. The molecule has 1 heterocycles. The molecule has 6 rings (SSSR count). The molecule has 0 spiro atoms. The number of carbonyl (C=O) groups is 2. The highest BCUT2D eigenvalue weighted by Crippen LogP contribution is 2.40. The molecule has 1 amide bonds. The molecule has 0 saturated heterocycles. The summed E-state index contributed by atoms with van der Waals surface area (Å²) in [5.74, 6) is -0.365. The summed E-state index contributed by atoms with van der Waals surface area (Å²) in [5, 5.41) is 18.4. The van der Waals surface area contributed by atoms with Gasteiger partial charge in [-0.05, 0) is 84.7 Å². The largest absolute Gasteiger partial charge is 0.478 e. The molecular weight excluding hydrogens is 498 g/mol. The summed E-state index contributed by atoms with van der Waals surface area (Å²) in [5.41, 5.74) is 7.80. The van der Waals surface area contributed by atoms with Crippen molar-refractivity contribution in [2.75, 3.05) is 0 Å². The van der Waals surface area contributed by atoms with Crippen LogP contribution in [0, 0.1) is 6.92 Å². The van der Waals surface area contributed by atoms with Gasteiger partial charge in [-0.1, -0.05) is 66.7 Å². The monoisotopic (exact) mass is 529 g/mol. The van der Waals surface area contributed by atoms with E-state index in [9.17, 15) is 14.7 Å². The van der Waals surface area contributed by atoms with Crippen LogP contribution in [0.5, 0.6) is 0 Å². The number of benzene rings is 4. The highest BCUT2D eigenvalue weighted by Gasteiger charge is 2.24. The Balaban J connectivity index is 1.19. The maximum absolute atomic E-state index is 13.2. The Morgan fingerprint density at radius 1 is 0.975 bits per heavy atom. The second-order valence-corrected chi connectivity index (χ2v) is 10.7. The lowest BCUT2D eigenvalue weighted by Crippen LogP contribution is -2.26. The van der Waals surface area contributed by atoms with E-state index in [1.54, 1.807) is 12.1 Å². The molecule has 0 aliphatic heterocycles. The number of carbonyl (C=O) groups excluding carboxylic acids is 1. The van der Waals surface area contributed by atoms with E-state index in [4.69, 9.17) is 5.10 Å². The maximum atomic E-state index is 13.2. The number of aromatic carboxylic acids is 1. The van der Waals surface area contributed by atoms with Crippen molar-refractivity contribution in [3.05, 3.63) is 125 Å². The van der Waals surface area contributed by atoms with E-state index in [1.807, 2.05) is 73.1 Å². The molecule has 4 aromatic carbocycles. The van der Waals surface area contributed by atoms with Crippen molar-refractivity contribution in [1.29, 1.82) is 0 Å². The molecule has 1 atom stereocenters. The van der Waals surface area contributed by atoms with Gasteiger partial charge in [0.15, 0.2) is 0 Å². The van der Waals surface area contributed by atoms with E-state index in [1.165, 1.54) is 18.4 Å². The van der Waals surface area contributed by atoms with Gasteiger partial charge in [0.25, 0.3) is 5.91 Å². The van der Waals surface area contributed by atoms with Gasteiger partial charge >= 0.3 is 5.97 Å². The zero-order valence-electron chi connectivity index (χ0n) is 22.6. The zero-order chi connectivity index (χ0) is 27.8. The topological polar surface area (TPSA) is 84.2 Å². The van der Waals surface area contributed by atoms with Gasteiger partial charge in [-0.25, -0.2) is 4.79 Å². The second kappa shape index (κ2) is 10.5. The number of hydrogen-bond acceptors (Lipinski definition) is 3. The van der Waals surface area contributed by atoms with E-state index in [2.05, 4.69) is 29.6 Å². The first-order chi connectivity index (χ1) is 19.4. The number of aryl methyl sites for hydroxylation is 1. The van der Waals surface area contributed by atoms with Crippen LogP contribution < -0.4 is 5.32 Å². The summed E-state index contributed by atoms with van der Waals surface area (Å²) in [7, 11) is 0. The van der Waals surface area contributed by atoms with Crippen molar-refractivity contribution >= 4 is 22.8 Å². The van der Waals surface area contributed by atoms with Gasteiger partial charge in [0, 0.05) is 10.9 Å². The van der Waals surface area contributed by atoms with E-state index in [0.717, 1.165) is 33.3 Å². The van der Waals surface area contributed by atoms with Crippen molar-refractivity contribution in [2.24, 2.45) is 0 Å². The summed E-state index contributed by atoms with van der Waals surface area (Å²) >= 11 is 0. The molecule has 1 fully saturated rings. The number of aromatic nitrogens is 2. The molecular formula is C34H31N3O3. The van der Waals surface area contributed by atoms with Crippen LogP contribution in [0.4, 0.5) is 0 Å². The van der Waals surface area contributed by atoms with Crippen molar-refractivity contribution in [3.8, 4) is 11.1 Å². The fourth-order valence-corrected chi connectivity index (χ4v) is 5.35. The van der Waals surface area contributed by atoms with Crippen LogP contribution in [0.15, 0.2) is 91.0 Å². The normalized spacial score (nSPS) is 13.8. The molecule has 2 N–H and O–H groups in total. The number of carboxylic acids is 1. The molecule has 6 heteroatoms. The number of fused-ring (bicyclic) bond motifs is 1. The number of amides is 1. The summed E-state index contributed by atoms with van der Waals surface area (Å²) < 4.78 is 1.94. The molecule has 1 aromatic heterocycles. The van der Waals surface area contributed by atoms with Crippen LogP contribution in [0.3, 0.4) is 0 Å². The van der Waals surface area contributed by atoms with E-state index < -0.39 is 5.97 Å². The first kappa shape index (κ1) is 25.6. The lowest BCUT2D eigenvalue weighted by Gasteiger charge is -2.15. The molecule has 6 nitrogen and oxygen atoms in total. The van der Waals surface area contributed by atoms with Crippen LogP contribution in [-0.2, 0) is 6.54 Å². The lowest BCUT2D eigenvalue weighted by atomic mass is 9.99. The van der Waals surface area contributed by atoms with Crippen LogP contribution in [0.2, 0.25) is 0 Å². The Morgan fingerprint density at radius 2 is 1.75 bits per heavy atom. The smallest absolute Gasteiger partial charge is 0.336 e. The minimum atomic E-state index is -0.941. The molecule has 200 valence electrons. The highest BCUT2D eigenvalue weighted by molar-refractivity contribution is 5.99. The predicted molar refractivity (Wildman–Crippen MR) is 157 cm³/mol. The third-order valence-electron chi connectivity index (χ3n) is 7.76. The Labute approximate surface area is 233 Å². The average molecular weight is 530 g/mol. The Kier molecular flexibility index (Phi) is 6.68. The van der Waals surface area contributed by atoms with Crippen LogP contribution in [0.25, 0.3) is 22.0 Å². The molecule has 1 unspecified atom stereocenters. The zero-order valence-corrected chi connectivity index (χ0v) is 22.6. The van der Waals surface area contributed by atoms with Crippen molar-refractivity contribution in [1.82, 2.24) is 15.1 Å². The molecule has 1 aliphatic rings. The van der Waals surface area contributed by atoms with Gasteiger partial charge < -0.3 is 10.4 Å². The fraction of sp³-hybridized carbons (Fsp3) is 0.206. The molecule has 1 saturated carbocycles. The number of hydrogen-bond donors (Lipinski definition) is 2. The first-order valence-corrected chi connectivity index (χ1v) is 13.7. The standard InChI is InChI=1S/C34H31N3O3/c1-21(26-6-5-7-27(18-26)24-14-15-24)35-33(38)28-16-17-32-31(19-28)22(2)36-37(32)20-23-10-12-25(13-11-23)29-8-3-4-9-30(29)34(39)40/h3-13,16-19,21,24H,14-15,20H2,1-2H3,(H,35,38)(H,39,40). The van der Waals surface area contributed by atoms with E-state index >= 15 is 0 Å². The van der Waals surface area contributed by atoms with Crippen molar-refractivity contribution in [3.63, 3.8) is 0 Å². The number of carboxylic acid groups (broad SMARTS) is 1. The third kappa shape index (κ3) is 5.13. The molecule has 0 bridgehead atoms. The fourth-order valence-electron chi connectivity index (χ4n) is 5.35. The van der Waals surface area contributed by atoms with Gasteiger partial charge in [0.1, 0.15) is 0 Å². The summed E-state index contributed by atoms with van der Waals surface area (Å²) in [6.45, 7) is 4.54. The summed E-state index contributed by atoms with van der Waals surface area (Å²) in [4.78, 5) is 24.8. The first-order valence-electron chi connectivity index (χ1n) is 13.7. The third-order valence-corrected chi connectivity index (χ3v) is 7.76. The molecule has 1 aliphatic carbocycles. The SMILES string of the molecule is Cc1nn(Cc2ccc(-c3ccccc3C(=O)O)cc2)c2ccc(C(=O)NC(C)c3cccc(C4CC4)c3)cc12. The minimum Gasteiger partial charge on any atom is -0.478 e. The quantitative estimate of drug-likeness (QED) is 0.224. The van der Waals surface area contributed by atoms with Crippen molar-refractivity contribution < 1.29 is 14.7 Å². The summed E-state index contributed by atoms with van der Waals surface area (Å²) in [6.07, 6.45) is 2.51. The van der Waals surface area contributed by atoms with Gasteiger partial charge in [0.2, 0.25) is 0 Å². The average Bonchev–Trinajstić information content (AvgIpc) is 3.78. The maximum Gasteiger partial charge on any atom is 0.336 e. The second-order valence-electron chi connectivity index (χ2n) is 10.7. The van der Waals surface area contributed by atoms with Crippen molar-refractivity contribution in [2.45, 2.75) is 45.2 Å².